The van der Waals surface area contributed by atoms with Crippen molar-refractivity contribution in [3.8, 4) is 0 Å². The second-order valence-corrected chi connectivity index (χ2v) is 2.11. The van der Waals surface area contributed by atoms with Crippen molar-refractivity contribution in [1.82, 2.24) is 5.43 Å². The molecule has 52 valence electrons. The smallest absolute Gasteiger partial charge is 0.272 e. The summed E-state index contributed by atoms with van der Waals surface area (Å²) in [6, 6.07) is 0. The van der Waals surface area contributed by atoms with E-state index in [0.29, 0.717) is 0 Å². The fourth-order valence-electron chi connectivity index (χ4n) is 0.188. The van der Waals surface area contributed by atoms with Gasteiger partial charge in [0.25, 0.3) is 5.91 Å². The van der Waals surface area contributed by atoms with Crippen molar-refractivity contribution >= 4 is 5.91 Å². The molecule has 0 atom stereocenters. The Balaban J connectivity index is 3.88. The van der Waals surface area contributed by atoms with E-state index in [-0.39, 0.29) is 0 Å². The molecule has 1 amide bonds. The minimum atomic E-state index is -1.45. The number of hydrogen-bond donors (Lipinski definition) is 3. The molecule has 0 aromatic rings. The third-order valence-electron chi connectivity index (χ3n) is 0.713. The lowest BCUT2D eigenvalue weighted by Crippen LogP contribution is -2.39. The molecule has 3 N–H and O–H groups in total. The molecule has 0 aliphatic rings. The first-order valence-electron chi connectivity index (χ1n) is 2.37. The first-order valence-corrected chi connectivity index (χ1v) is 2.37. The summed E-state index contributed by atoms with van der Waals surface area (Å²) in [7, 11) is 0. The summed E-state index contributed by atoms with van der Waals surface area (Å²) >= 11 is 0. The Hall–Kier alpha value is -0.970. The Morgan fingerprint density at radius 1 is 1.78 bits per heavy atom. The summed E-state index contributed by atoms with van der Waals surface area (Å²) in [5, 5.41) is 11.5. The van der Waals surface area contributed by atoms with Crippen molar-refractivity contribution in [2.45, 2.75) is 19.4 Å². The molecule has 0 saturated heterocycles. The van der Waals surface area contributed by atoms with Crippen molar-refractivity contribution < 1.29 is 9.90 Å². The minimum Gasteiger partial charge on any atom is -0.381 e. The summed E-state index contributed by atoms with van der Waals surface area (Å²) in [4.78, 5) is 10.5. The van der Waals surface area contributed by atoms with E-state index in [0.717, 1.165) is 0 Å². The van der Waals surface area contributed by atoms with Gasteiger partial charge >= 0.3 is 0 Å². The summed E-state index contributed by atoms with van der Waals surface area (Å²) in [5.41, 5.74) is 6.53. The number of nitrogens with zero attached hydrogens (tertiary/aromatic N) is 1. The van der Waals surface area contributed by atoms with Crippen LogP contribution in [0.25, 0.3) is 0 Å². The predicted octanol–water partition coefficient (Wildman–Crippen LogP) is -0.181. The van der Waals surface area contributed by atoms with Gasteiger partial charge in [0, 0.05) is 0 Å². The SMILES string of the molecule is CC(C)(O)C(=O)NN=N. The van der Waals surface area contributed by atoms with Crippen LogP contribution in [-0.2, 0) is 4.79 Å². The highest BCUT2D eigenvalue weighted by molar-refractivity contribution is 5.83. The average molecular weight is 131 g/mol. The van der Waals surface area contributed by atoms with Crippen molar-refractivity contribution in [2.24, 2.45) is 5.22 Å². The zero-order valence-electron chi connectivity index (χ0n) is 5.30. The Morgan fingerprint density at radius 3 is 2.33 bits per heavy atom. The van der Waals surface area contributed by atoms with E-state index in [1.807, 2.05) is 0 Å². The van der Waals surface area contributed by atoms with Gasteiger partial charge in [0.2, 0.25) is 0 Å². The fraction of sp³-hybridized carbons (Fsp3) is 0.750. The molecule has 9 heavy (non-hydrogen) atoms. The van der Waals surface area contributed by atoms with Crippen LogP contribution in [-0.4, -0.2) is 16.6 Å². The molecule has 0 aromatic heterocycles. The Morgan fingerprint density at radius 2 is 2.22 bits per heavy atom. The molecular weight excluding hydrogens is 122 g/mol. The maximum absolute atomic E-state index is 10.5. The second-order valence-electron chi connectivity index (χ2n) is 2.11. The van der Waals surface area contributed by atoms with Crippen LogP contribution >= 0.6 is 0 Å². The van der Waals surface area contributed by atoms with Gasteiger partial charge in [0.05, 0.1) is 0 Å². The molecule has 5 nitrogen and oxygen atoms in total. The Kier molecular flexibility index (Phi) is 2.27. The van der Waals surface area contributed by atoms with Gasteiger partial charge in [-0.15, -0.1) is 0 Å². The monoisotopic (exact) mass is 131 g/mol. The van der Waals surface area contributed by atoms with Gasteiger partial charge < -0.3 is 5.11 Å². The van der Waals surface area contributed by atoms with E-state index < -0.39 is 11.5 Å². The van der Waals surface area contributed by atoms with Crippen LogP contribution in [0.5, 0.6) is 0 Å². The van der Waals surface area contributed by atoms with Crippen LogP contribution in [0.15, 0.2) is 5.22 Å². The molecule has 0 heterocycles. The van der Waals surface area contributed by atoms with Crippen LogP contribution in [0.1, 0.15) is 13.8 Å². The first-order chi connectivity index (χ1) is 3.98. The molecule has 0 unspecified atom stereocenters. The van der Waals surface area contributed by atoms with Crippen molar-refractivity contribution in [2.75, 3.05) is 0 Å². The quantitative estimate of drug-likeness (QED) is 0.358. The van der Waals surface area contributed by atoms with E-state index in [1.54, 1.807) is 5.43 Å². The van der Waals surface area contributed by atoms with Gasteiger partial charge in [-0.05, 0) is 13.8 Å². The lowest BCUT2D eigenvalue weighted by atomic mass is 10.1. The topological polar surface area (TPSA) is 85.5 Å². The third-order valence-corrected chi connectivity index (χ3v) is 0.713. The number of amides is 1. The average Bonchev–Trinajstić information content (AvgIpc) is 1.64. The lowest BCUT2D eigenvalue weighted by Gasteiger charge is -2.12. The number of carbonyl (C=O) groups is 1. The van der Waals surface area contributed by atoms with Crippen LogP contribution in [0.2, 0.25) is 0 Å². The molecule has 0 aromatic carbocycles. The van der Waals surface area contributed by atoms with E-state index in [4.69, 9.17) is 10.6 Å². The lowest BCUT2D eigenvalue weighted by molar-refractivity contribution is -0.136. The largest absolute Gasteiger partial charge is 0.381 e. The summed E-state index contributed by atoms with van der Waals surface area (Å²) in [6.07, 6.45) is 0. The predicted molar refractivity (Wildman–Crippen MR) is 29.6 cm³/mol. The van der Waals surface area contributed by atoms with Crippen LogP contribution in [0, 0.1) is 5.53 Å². The highest BCUT2D eigenvalue weighted by atomic mass is 16.3. The summed E-state index contributed by atoms with van der Waals surface area (Å²) in [6.45, 7) is 2.63. The molecule has 0 bridgehead atoms. The maximum Gasteiger partial charge on any atom is 0.272 e. The van der Waals surface area contributed by atoms with E-state index in [1.165, 1.54) is 13.8 Å². The Labute approximate surface area is 52.5 Å². The number of hydrogen-bond acceptors (Lipinski definition) is 4. The second kappa shape index (κ2) is 2.54. The van der Waals surface area contributed by atoms with Crippen molar-refractivity contribution in [3.63, 3.8) is 0 Å². The molecule has 0 radical (unpaired) electrons. The normalized spacial score (nSPS) is 10.6. The summed E-state index contributed by atoms with van der Waals surface area (Å²) < 4.78 is 0. The van der Waals surface area contributed by atoms with Crippen LogP contribution < -0.4 is 5.43 Å². The number of rotatable bonds is 2. The highest BCUT2D eigenvalue weighted by Crippen LogP contribution is 1.98. The van der Waals surface area contributed by atoms with Crippen LogP contribution in [0.3, 0.4) is 0 Å². The van der Waals surface area contributed by atoms with Gasteiger partial charge in [0.1, 0.15) is 5.60 Å². The van der Waals surface area contributed by atoms with Crippen molar-refractivity contribution in [3.05, 3.63) is 0 Å². The Bertz CT molecular complexity index is 126. The van der Waals surface area contributed by atoms with Gasteiger partial charge in [-0.1, -0.05) is 5.22 Å². The first kappa shape index (κ1) is 8.03. The zero-order chi connectivity index (χ0) is 7.49. The molecule has 5 heteroatoms. The molecule has 0 fully saturated rings. The fourth-order valence-corrected chi connectivity index (χ4v) is 0.188. The van der Waals surface area contributed by atoms with E-state index in [2.05, 4.69) is 5.22 Å². The number of aliphatic hydroxyl groups is 1. The van der Waals surface area contributed by atoms with Gasteiger partial charge in [-0.2, -0.15) is 5.53 Å². The summed E-state index contributed by atoms with van der Waals surface area (Å²) in [5.74, 6) is -0.683. The van der Waals surface area contributed by atoms with Crippen LogP contribution in [0.4, 0.5) is 0 Å². The molecule has 0 spiro atoms. The van der Waals surface area contributed by atoms with Crippen molar-refractivity contribution in [1.29, 1.82) is 5.53 Å². The van der Waals surface area contributed by atoms with Gasteiger partial charge in [-0.3, -0.25) is 4.79 Å². The van der Waals surface area contributed by atoms with E-state index >= 15 is 0 Å². The molecule has 0 aliphatic carbocycles. The molecule has 0 rings (SSSR count). The molecular formula is C4H9N3O2. The standard InChI is InChI=1S/C4H9N3O2/c1-4(2,9)3(8)6-7-5/h9H,1-2H3,(H2,5,6,8). The minimum absolute atomic E-state index is 0.683. The van der Waals surface area contributed by atoms with E-state index in [9.17, 15) is 4.79 Å². The van der Waals surface area contributed by atoms with Gasteiger partial charge in [0.15, 0.2) is 0 Å². The highest BCUT2D eigenvalue weighted by Gasteiger charge is 2.22. The zero-order valence-corrected chi connectivity index (χ0v) is 5.30. The molecule has 0 aliphatic heterocycles. The van der Waals surface area contributed by atoms with Gasteiger partial charge in [-0.25, -0.2) is 5.43 Å². The number of nitrogens with one attached hydrogen (secondary N) is 2. The maximum atomic E-state index is 10.5. The molecule has 0 saturated carbocycles. The third kappa shape index (κ3) is 2.76. The number of carbonyl (C=O) groups excluding carboxylic acids is 1.